The van der Waals surface area contributed by atoms with Gasteiger partial charge in [0.05, 0.1) is 16.8 Å². The van der Waals surface area contributed by atoms with Crippen LogP contribution in [0.5, 0.6) is 0 Å². The minimum atomic E-state index is -0.161. The van der Waals surface area contributed by atoms with E-state index in [4.69, 9.17) is 39.9 Å². The molecule has 32 heavy (non-hydrogen) atoms. The number of hydrogen-bond donors (Lipinski definition) is 1. The van der Waals surface area contributed by atoms with Gasteiger partial charge < -0.3 is 5.32 Å². The van der Waals surface area contributed by atoms with E-state index >= 15 is 0 Å². The molecule has 4 nitrogen and oxygen atoms in total. The molecule has 1 saturated carbocycles. The Hall–Kier alpha value is -1.75. The fraction of sp³-hybridized carbons (Fsp3) is 0.440. The monoisotopic (exact) mass is 491 g/mol. The highest BCUT2D eigenvalue weighted by atomic mass is 35.5. The maximum atomic E-state index is 13.4. The molecule has 2 aromatic carbocycles. The first-order valence-corrected chi connectivity index (χ1v) is 12.5. The normalized spacial score (nSPS) is 21.9. The maximum absolute atomic E-state index is 13.4. The molecular formula is C25H28Cl3N3O. The standard InChI is InChI=1S/C25H28Cl3N3O/c1-2-20-23(25(32)29-19-7-5-3-4-6-8-19)30-31(22-14-13-18(27)15-21(22)28)24(20)16-9-11-17(26)12-10-16/h9-15,19-20,24H,2-8H2,1H3,(H,29,32)/t20-,24-/m0/s1. The first-order chi connectivity index (χ1) is 15.5. The molecule has 1 fully saturated rings. The molecule has 170 valence electrons. The minimum absolute atomic E-state index is 0.0738. The second kappa shape index (κ2) is 10.5. The number of anilines is 1. The third-order valence-electron chi connectivity index (χ3n) is 6.44. The number of nitrogens with zero attached hydrogens (tertiary/aromatic N) is 2. The number of benzene rings is 2. The van der Waals surface area contributed by atoms with Gasteiger partial charge >= 0.3 is 0 Å². The molecule has 2 aromatic rings. The zero-order valence-electron chi connectivity index (χ0n) is 18.2. The van der Waals surface area contributed by atoms with E-state index in [2.05, 4.69) is 12.2 Å². The van der Waals surface area contributed by atoms with Crippen molar-refractivity contribution in [2.24, 2.45) is 11.0 Å². The Morgan fingerprint density at radius 1 is 1.00 bits per heavy atom. The highest BCUT2D eigenvalue weighted by Crippen LogP contribution is 2.43. The molecule has 1 aliphatic heterocycles. The first kappa shape index (κ1) is 23.4. The Morgan fingerprint density at radius 3 is 2.28 bits per heavy atom. The predicted molar refractivity (Wildman–Crippen MR) is 134 cm³/mol. The van der Waals surface area contributed by atoms with Gasteiger partial charge in [0.15, 0.2) is 0 Å². The average molecular weight is 493 g/mol. The Morgan fingerprint density at radius 2 is 1.66 bits per heavy atom. The van der Waals surface area contributed by atoms with Crippen LogP contribution in [0.1, 0.15) is 63.5 Å². The molecule has 0 radical (unpaired) electrons. The molecule has 0 bridgehead atoms. The second-order valence-corrected chi connectivity index (χ2v) is 9.88. The van der Waals surface area contributed by atoms with E-state index in [1.54, 1.807) is 12.1 Å². The lowest BCUT2D eigenvalue weighted by molar-refractivity contribution is -0.115. The van der Waals surface area contributed by atoms with Crippen LogP contribution < -0.4 is 10.3 Å². The van der Waals surface area contributed by atoms with E-state index < -0.39 is 0 Å². The number of halogens is 3. The van der Waals surface area contributed by atoms with Crippen LogP contribution in [0.2, 0.25) is 15.1 Å². The summed E-state index contributed by atoms with van der Waals surface area (Å²) in [7, 11) is 0. The topological polar surface area (TPSA) is 44.7 Å². The van der Waals surface area contributed by atoms with Crippen molar-refractivity contribution >= 4 is 52.1 Å². The lowest BCUT2D eigenvalue weighted by Gasteiger charge is -2.29. The van der Waals surface area contributed by atoms with Gasteiger partial charge in [-0.15, -0.1) is 0 Å². The summed E-state index contributed by atoms with van der Waals surface area (Å²) in [5, 5.41) is 11.7. The van der Waals surface area contributed by atoms with Crippen molar-refractivity contribution in [1.29, 1.82) is 0 Å². The highest BCUT2D eigenvalue weighted by molar-refractivity contribution is 6.41. The van der Waals surface area contributed by atoms with Gasteiger partial charge in [0.2, 0.25) is 0 Å². The molecule has 1 aliphatic carbocycles. The first-order valence-electron chi connectivity index (χ1n) is 11.4. The SMILES string of the molecule is CC[C@H]1C(C(=O)NC2CCCCCC2)=NN(c2ccc(Cl)cc2Cl)[C@H]1c1ccc(Cl)cc1. The third kappa shape index (κ3) is 5.08. The summed E-state index contributed by atoms with van der Waals surface area (Å²) in [5.74, 6) is -0.149. The lowest BCUT2D eigenvalue weighted by atomic mass is 9.87. The Kier molecular flexibility index (Phi) is 7.65. The molecule has 0 spiro atoms. The van der Waals surface area contributed by atoms with E-state index in [1.165, 1.54) is 12.8 Å². The van der Waals surface area contributed by atoms with Crippen LogP contribution in [0.4, 0.5) is 5.69 Å². The Balaban J connectivity index is 1.70. The number of carbonyl (C=O) groups is 1. The van der Waals surface area contributed by atoms with Gasteiger partial charge in [-0.3, -0.25) is 9.80 Å². The molecule has 0 saturated heterocycles. The van der Waals surface area contributed by atoms with Crippen molar-refractivity contribution in [3.8, 4) is 0 Å². The molecule has 7 heteroatoms. The van der Waals surface area contributed by atoms with Crippen LogP contribution in [0.3, 0.4) is 0 Å². The van der Waals surface area contributed by atoms with Crippen molar-refractivity contribution in [1.82, 2.24) is 5.32 Å². The predicted octanol–water partition coefficient (Wildman–Crippen LogP) is 7.43. The smallest absolute Gasteiger partial charge is 0.268 e. The summed E-state index contributed by atoms with van der Waals surface area (Å²) in [5.41, 5.74) is 2.32. The van der Waals surface area contributed by atoms with E-state index in [9.17, 15) is 4.79 Å². The molecule has 2 aliphatic rings. The molecular weight excluding hydrogens is 465 g/mol. The fourth-order valence-corrected chi connectivity index (χ4v) is 5.41. The van der Waals surface area contributed by atoms with Gasteiger partial charge in [-0.2, -0.15) is 5.10 Å². The molecule has 1 amide bonds. The van der Waals surface area contributed by atoms with Crippen LogP contribution in [0.15, 0.2) is 47.6 Å². The minimum Gasteiger partial charge on any atom is -0.348 e. The number of hydrazone groups is 1. The number of hydrogen-bond acceptors (Lipinski definition) is 3. The van der Waals surface area contributed by atoms with Crippen LogP contribution in [-0.2, 0) is 4.79 Å². The third-order valence-corrected chi connectivity index (χ3v) is 7.23. The van der Waals surface area contributed by atoms with Crippen molar-refractivity contribution in [3.63, 3.8) is 0 Å². The summed E-state index contributed by atoms with van der Waals surface area (Å²) in [6.07, 6.45) is 7.64. The molecule has 2 atom stereocenters. The molecule has 1 heterocycles. The summed E-state index contributed by atoms with van der Waals surface area (Å²) >= 11 is 18.8. The van der Waals surface area contributed by atoms with E-state index in [0.29, 0.717) is 20.8 Å². The summed E-state index contributed by atoms with van der Waals surface area (Å²) in [6.45, 7) is 2.09. The van der Waals surface area contributed by atoms with E-state index in [-0.39, 0.29) is 23.9 Å². The molecule has 1 N–H and O–H groups in total. The van der Waals surface area contributed by atoms with Gasteiger partial charge in [-0.25, -0.2) is 0 Å². The molecule has 0 aromatic heterocycles. The fourth-order valence-electron chi connectivity index (χ4n) is 4.79. The lowest BCUT2D eigenvalue weighted by Crippen LogP contribution is -2.41. The number of rotatable bonds is 5. The van der Waals surface area contributed by atoms with Crippen LogP contribution in [0, 0.1) is 5.92 Å². The largest absolute Gasteiger partial charge is 0.348 e. The number of amides is 1. The van der Waals surface area contributed by atoms with Crippen LogP contribution in [-0.4, -0.2) is 17.7 Å². The number of nitrogens with one attached hydrogen (secondary N) is 1. The van der Waals surface area contributed by atoms with Crippen molar-refractivity contribution in [2.75, 3.05) is 5.01 Å². The Labute approximate surface area is 204 Å². The number of carbonyl (C=O) groups excluding carboxylic acids is 1. The summed E-state index contributed by atoms with van der Waals surface area (Å²) < 4.78 is 0. The van der Waals surface area contributed by atoms with E-state index in [1.807, 2.05) is 35.3 Å². The average Bonchev–Trinajstić information content (AvgIpc) is 2.96. The van der Waals surface area contributed by atoms with Crippen molar-refractivity contribution in [3.05, 3.63) is 63.1 Å². The highest BCUT2D eigenvalue weighted by Gasteiger charge is 2.42. The van der Waals surface area contributed by atoms with Gasteiger partial charge in [0.25, 0.3) is 5.91 Å². The zero-order chi connectivity index (χ0) is 22.7. The Bertz CT molecular complexity index is 984. The van der Waals surface area contributed by atoms with Crippen LogP contribution in [0.25, 0.3) is 0 Å². The summed E-state index contributed by atoms with van der Waals surface area (Å²) in [4.78, 5) is 13.4. The summed E-state index contributed by atoms with van der Waals surface area (Å²) in [6, 6.07) is 13.1. The van der Waals surface area contributed by atoms with Crippen molar-refractivity contribution in [2.45, 2.75) is 64.0 Å². The van der Waals surface area contributed by atoms with Crippen LogP contribution >= 0.6 is 34.8 Å². The van der Waals surface area contributed by atoms with Gasteiger partial charge in [-0.1, -0.05) is 79.5 Å². The quantitative estimate of drug-likeness (QED) is 0.441. The maximum Gasteiger partial charge on any atom is 0.268 e. The molecule has 0 unspecified atom stereocenters. The van der Waals surface area contributed by atoms with Gasteiger partial charge in [-0.05, 0) is 55.2 Å². The zero-order valence-corrected chi connectivity index (χ0v) is 20.4. The van der Waals surface area contributed by atoms with Crippen molar-refractivity contribution < 1.29 is 4.79 Å². The molecule has 4 rings (SSSR count). The van der Waals surface area contributed by atoms with Gasteiger partial charge in [0.1, 0.15) is 5.71 Å². The van der Waals surface area contributed by atoms with E-state index in [0.717, 1.165) is 43.4 Å². The van der Waals surface area contributed by atoms with Gasteiger partial charge in [0, 0.05) is 22.0 Å². The second-order valence-electron chi connectivity index (χ2n) is 8.60.